The highest BCUT2D eigenvalue weighted by Crippen LogP contribution is 2.23. The topological polar surface area (TPSA) is 55.4 Å². The van der Waals surface area contributed by atoms with Gasteiger partial charge in [0.15, 0.2) is 0 Å². The van der Waals surface area contributed by atoms with Crippen LogP contribution in [-0.4, -0.2) is 35.1 Å². The summed E-state index contributed by atoms with van der Waals surface area (Å²) in [5.41, 5.74) is 1.03. The van der Waals surface area contributed by atoms with Crippen LogP contribution >= 0.6 is 0 Å². The Bertz CT molecular complexity index is 472. The summed E-state index contributed by atoms with van der Waals surface area (Å²) in [6.07, 6.45) is 2.93. The first kappa shape index (κ1) is 16.2. The minimum Gasteiger partial charge on any atom is -0.376 e. The largest absolute Gasteiger partial charge is 0.376 e. The van der Waals surface area contributed by atoms with Gasteiger partial charge in [-0.05, 0) is 24.8 Å². The molecule has 1 heterocycles. The van der Waals surface area contributed by atoms with Crippen LogP contribution in [0, 0.1) is 0 Å². The lowest BCUT2D eigenvalue weighted by molar-refractivity contribution is -0.119. The maximum absolute atomic E-state index is 12.4. The maximum Gasteiger partial charge on any atom is 0.232 e. The third-order valence-electron chi connectivity index (χ3n) is 3.68. The minimum absolute atomic E-state index is 0.0557. The summed E-state index contributed by atoms with van der Waals surface area (Å²) in [4.78, 5) is 11.9. The quantitative estimate of drug-likeness (QED) is 0.840. The second-order valence-corrected chi connectivity index (χ2v) is 6.89. The van der Waals surface area contributed by atoms with Gasteiger partial charge in [-0.25, -0.2) is 0 Å². The fourth-order valence-corrected chi connectivity index (χ4v) is 3.95. The summed E-state index contributed by atoms with van der Waals surface area (Å²) >= 11 is 0. The van der Waals surface area contributed by atoms with Crippen LogP contribution in [0.15, 0.2) is 30.3 Å². The van der Waals surface area contributed by atoms with Crippen molar-refractivity contribution in [1.82, 2.24) is 5.32 Å². The summed E-state index contributed by atoms with van der Waals surface area (Å²) in [5.74, 6) is -0.0988. The van der Waals surface area contributed by atoms with E-state index in [0.29, 0.717) is 6.54 Å². The maximum atomic E-state index is 12.4. The molecule has 0 spiro atoms. The lowest BCUT2D eigenvalue weighted by Crippen LogP contribution is -2.35. The van der Waals surface area contributed by atoms with Crippen molar-refractivity contribution in [3.8, 4) is 0 Å². The second-order valence-electron chi connectivity index (χ2n) is 5.27. The normalized spacial score (nSPS) is 20.9. The van der Waals surface area contributed by atoms with Gasteiger partial charge in [-0.2, -0.15) is 0 Å². The average Bonchev–Trinajstić information content (AvgIpc) is 3.00. The molecule has 1 aliphatic rings. The van der Waals surface area contributed by atoms with Crippen LogP contribution in [-0.2, 0) is 20.3 Å². The molecule has 1 aromatic carbocycles. The fourth-order valence-electron chi connectivity index (χ4n) is 2.55. The molecule has 3 atom stereocenters. The van der Waals surface area contributed by atoms with E-state index >= 15 is 0 Å². The van der Waals surface area contributed by atoms with Crippen molar-refractivity contribution in [1.29, 1.82) is 0 Å². The minimum atomic E-state index is -1.19. The Balaban J connectivity index is 1.82. The molecule has 1 N–H and O–H groups in total. The van der Waals surface area contributed by atoms with Crippen LogP contribution in [0.25, 0.3) is 0 Å². The van der Waals surface area contributed by atoms with Gasteiger partial charge in [-0.15, -0.1) is 0 Å². The van der Waals surface area contributed by atoms with Gasteiger partial charge >= 0.3 is 0 Å². The molecule has 21 heavy (non-hydrogen) atoms. The van der Waals surface area contributed by atoms with Crippen LogP contribution in [0.1, 0.15) is 37.0 Å². The van der Waals surface area contributed by atoms with Gasteiger partial charge in [0.05, 0.1) is 11.4 Å². The molecule has 0 bridgehead atoms. The molecular weight excluding hydrogens is 286 g/mol. The fraction of sp³-hybridized carbons (Fsp3) is 0.562. The van der Waals surface area contributed by atoms with E-state index < -0.39 is 10.8 Å². The highest BCUT2D eigenvalue weighted by atomic mass is 32.2. The van der Waals surface area contributed by atoms with E-state index in [1.165, 1.54) is 0 Å². The third-order valence-corrected chi connectivity index (χ3v) is 5.47. The zero-order valence-corrected chi connectivity index (χ0v) is 13.2. The molecule has 1 fully saturated rings. The standard InChI is InChI=1S/C16H23NO3S/c1-2-15(13-7-4-3-5-8-13)21(19)12-16(18)17-11-14-9-6-10-20-14/h3-5,7-8,14-15H,2,6,9-12H2,1H3,(H,17,18)/t14-,15-,21-/m1/s1. The Hall–Kier alpha value is -1.20. The molecule has 116 valence electrons. The SMILES string of the molecule is CC[C@H](c1ccccc1)[S@](=O)CC(=O)NC[C@H]1CCCO1. The Kier molecular flexibility index (Phi) is 6.39. The van der Waals surface area contributed by atoms with E-state index in [0.717, 1.165) is 31.4 Å². The van der Waals surface area contributed by atoms with E-state index in [1.54, 1.807) is 0 Å². The summed E-state index contributed by atoms with van der Waals surface area (Å²) in [7, 11) is -1.19. The predicted octanol–water partition coefficient (Wildman–Crippen LogP) is 2.18. The van der Waals surface area contributed by atoms with Crippen LogP contribution < -0.4 is 5.32 Å². The van der Waals surface area contributed by atoms with Crippen LogP contribution in [0.3, 0.4) is 0 Å². The van der Waals surface area contributed by atoms with Crippen molar-refractivity contribution in [3.63, 3.8) is 0 Å². The average molecular weight is 309 g/mol. The van der Waals surface area contributed by atoms with E-state index in [4.69, 9.17) is 4.74 Å². The highest BCUT2D eigenvalue weighted by Gasteiger charge is 2.21. The summed E-state index contributed by atoms with van der Waals surface area (Å²) < 4.78 is 17.9. The molecule has 4 nitrogen and oxygen atoms in total. The number of hydrogen-bond donors (Lipinski definition) is 1. The summed E-state index contributed by atoms with van der Waals surface area (Å²) in [6, 6.07) is 9.75. The lowest BCUT2D eigenvalue weighted by Gasteiger charge is -2.16. The van der Waals surface area contributed by atoms with Crippen molar-refractivity contribution < 1.29 is 13.7 Å². The van der Waals surface area contributed by atoms with Gasteiger partial charge in [0.2, 0.25) is 5.91 Å². The van der Waals surface area contributed by atoms with Crippen molar-refractivity contribution in [3.05, 3.63) is 35.9 Å². The first-order chi connectivity index (χ1) is 10.2. The second kappa shape index (κ2) is 8.29. The Morgan fingerprint density at radius 1 is 1.43 bits per heavy atom. The zero-order chi connectivity index (χ0) is 15.1. The van der Waals surface area contributed by atoms with E-state index in [9.17, 15) is 9.00 Å². The Morgan fingerprint density at radius 3 is 2.81 bits per heavy atom. The van der Waals surface area contributed by atoms with E-state index in [2.05, 4.69) is 5.32 Å². The van der Waals surface area contributed by atoms with Gasteiger partial charge in [0.25, 0.3) is 0 Å². The van der Waals surface area contributed by atoms with Gasteiger partial charge in [-0.3, -0.25) is 9.00 Å². The molecule has 1 aliphatic heterocycles. The van der Waals surface area contributed by atoms with Gasteiger partial charge in [0, 0.05) is 24.0 Å². The number of benzene rings is 1. The summed E-state index contributed by atoms with van der Waals surface area (Å²) in [5, 5.41) is 2.75. The van der Waals surface area contributed by atoms with Gasteiger partial charge in [0.1, 0.15) is 5.75 Å². The molecule has 2 rings (SSSR count). The number of carbonyl (C=O) groups excluding carboxylic acids is 1. The highest BCUT2D eigenvalue weighted by molar-refractivity contribution is 7.86. The summed E-state index contributed by atoms with van der Waals surface area (Å²) in [6.45, 7) is 3.30. The number of hydrogen-bond acceptors (Lipinski definition) is 3. The molecule has 1 saturated heterocycles. The van der Waals surface area contributed by atoms with Crippen molar-refractivity contribution in [2.24, 2.45) is 0 Å². The van der Waals surface area contributed by atoms with Crippen molar-refractivity contribution >= 4 is 16.7 Å². The molecular formula is C16H23NO3S. The van der Waals surface area contributed by atoms with Gasteiger partial charge < -0.3 is 10.1 Å². The number of ether oxygens (including phenoxy) is 1. The monoisotopic (exact) mass is 309 g/mol. The molecule has 1 amide bonds. The lowest BCUT2D eigenvalue weighted by atomic mass is 10.1. The zero-order valence-electron chi connectivity index (χ0n) is 12.4. The number of amides is 1. The van der Waals surface area contributed by atoms with E-state index in [1.807, 2.05) is 37.3 Å². The molecule has 0 unspecified atom stereocenters. The van der Waals surface area contributed by atoms with Gasteiger partial charge in [-0.1, -0.05) is 37.3 Å². The molecule has 0 aliphatic carbocycles. The number of carbonyl (C=O) groups is 1. The van der Waals surface area contributed by atoms with E-state index in [-0.39, 0.29) is 23.0 Å². The molecule has 0 radical (unpaired) electrons. The number of nitrogens with one attached hydrogen (secondary N) is 1. The van der Waals surface area contributed by atoms with Crippen molar-refractivity contribution in [2.45, 2.75) is 37.5 Å². The Labute approximate surface area is 128 Å². The van der Waals surface area contributed by atoms with Crippen LogP contribution in [0.4, 0.5) is 0 Å². The number of rotatable bonds is 7. The van der Waals surface area contributed by atoms with Crippen LogP contribution in [0.2, 0.25) is 0 Å². The molecule has 0 aromatic heterocycles. The molecule has 0 saturated carbocycles. The smallest absolute Gasteiger partial charge is 0.232 e. The Morgan fingerprint density at radius 2 is 2.19 bits per heavy atom. The van der Waals surface area contributed by atoms with Crippen LogP contribution in [0.5, 0.6) is 0 Å². The third kappa shape index (κ3) is 4.93. The predicted molar refractivity (Wildman–Crippen MR) is 84.5 cm³/mol. The van der Waals surface area contributed by atoms with Crippen molar-refractivity contribution in [2.75, 3.05) is 18.9 Å². The molecule has 1 aromatic rings. The first-order valence-corrected chi connectivity index (χ1v) is 8.89. The first-order valence-electron chi connectivity index (χ1n) is 7.51. The molecule has 5 heteroatoms.